The number of carbonyl (C=O) groups is 1. The molecule has 4 nitrogen and oxygen atoms in total. The highest BCUT2D eigenvalue weighted by Gasteiger charge is 2.04. The molecule has 0 saturated heterocycles. The lowest BCUT2D eigenvalue weighted by Gasteiger charge is -2.06. The SMILES string of the molecule is COc1cccc(CCC(=O)Nc2ccc(C)cn2)c1. The summed E-state index contributed by atoms with van der Waals surface area (Å²) in [5.74, 6) is 1.36. The van der Waals surface area contributed by atoms with E-state index in [1.165, 1.54) is 0 Å². The van der Waals surface area contributed by atoms with Gasteiger partial charge in [0.05, 0.1) is 7.11 Å². The largest absolute Gasteiger partial charge is 0.497 e. The van der Waals surface area contributed by atoms with Crippen molar-refractivity contribution in [1.29, 1.82) is 0 Å². The predicted octanol–water partition coefficient (Wildman–Crippen LogP) is 2.97. The predicted molar refractivity (Wildman–Crippen MR) is 78.9 cm³/mol. The summed E-state index contributed by atoms with van der Waals surface area (Å²) in [4.78, 5) is 16.0. The van der Waals surface area contributed by atoms with Gasteiger partial charge in [-0.3, -0.25) is 4.79 Å². The molecule has 0 spiro atoms. The topological polar surface area (TPSA) is 51.2 Å². The Labute approximate surface area is 118 Å². The molecular formula is C16H18N2O2. The van der Waals surface area contributed by atoms with Gasteiger partial charge in [-0.25, -0.2) is 4.98 Å². The van der Waals surface area contributed by atoms with Gasteiger partial charge in [0.1, 0.15) is 11.6 Å². The van der Waals surface area contributed by atoms with Gasteiger partial charge in [-0.05, 0) is 42.7 Å². The number of hydrogen-bond acceptors (Lipinski definition) is 3. The minimum atomic E-state index is -0.0378. The van der Waals surface area contributed by atoms with E-state index in [-0.39, 0.29) is 5.91 Å². The first-order valence-corrected chi connectivity index (χ1v) is 6.53. The molecule has 2 rings (SSSR count). The lowest BCUT2D eigenvalue weighted by Crippen LogP contribution is -2.13. The molecule has 1 amide bonds. The fourth-order valence-electron chi connectivity index (χ4n) is 1.83. The van der Waals surface area contributed by atoms with Crippen molar-refractivity contribution >= 4 is 11.7 Å². The second-order valence-electron chi connectivity index (χ2n) is 4.62. The zero-order valence-corrected chi connectivity index (χ0v) is 11.7. The van der Waals surface area contributed by atoms with Crippen molar-refractivity contribution in [3.8, 4) is 5.75 Å². The number of benzene rings is 1. The van der Waals surface area contributed by atoms with Crippen molar-refractivity contribution in [3.05, 3.63) is 53.7 Å². The monoisotopic (exact) mass is 270 g/mol. The highest BCUT2D eigenvalue weighted by atomic mass is 16.5. The van der Waals surface area contributed by atoms with Crippen LogP contribution in [0.15, 0.2) is 42.6 Å². The molecule has 0 aliphatic rings. The number of methoxy groups -OCH3 is 1. The smallest absolute Gasteiger partial charge is 0.225 e. The van der Waals surface area contributed by atoms with Crippen LogP contribution in [0.1, 0.15) is 17.5 Å². The van der Waals surface area contributed by atoms with Crippen molar-refractivity contribution in [2.75, 3.05) is 12.4 Å². The van der Waals surface area contributed by atoms with Crippen LogP contribution < -0.4 is 10.1 Å². The van der Waals surface area contributed by atoms with E-state index in [0.717, 1.165) is 16.9 Å². The number of aromatic nitrogens is 1. The van der Waals surface area contributed by atoms with Crippen LogP contribution in [0.5, 0.6) is 5.75 Å². The third-order valence-corrected chi connectivity index (χ3v) is 2.95. The van der Waals surface area contributed by atoms with Crippen LogP contribution in [0.4, 0.5) is 5.82 Å². The van der Waals surface area contributed by atoms with Crippen molar-refractivity contribution in [3.63, 3.8) is 0 Å². The molecule has 104 valence electrons. The zero-order chi connectivity index (χ0) is 14.4. The molecule has 0 saturated carbocycles. The number of anilines is 1. The molecule has 1 aromatic carbocycles. The number of ether oxygens (including phenoxy) is 1. The van der Waals surface area contributed by atoms with Crippen molar-refractivity contribution in [2.45, 2.75) is 19.8 Å². The molecule has 0 unspecified atom stereocenters. The number of carbonyl (C=O) groups excluding carboxylic acids is 1. The first kappa shape index (κ1) is 14.1. The summed E-state index contributed by atoms with van der Waals surface area (Å²) in [7, 11) is 1.63. The Hall–Kier alpha value is -2.36. The van der Waals surface area contributed by atoms with Gasteiger partial charge in [0.15, 0.2) is 0 Å². The summed E-state index contributed by atoms with van der Waals surface area (Å²) in [6.45, 7) is 1.96. The van der Waals surface area contributed by atoms with Gasteiger partial charge in [-0.1, -0.05) is 18.2 Å². The van der Waals surface area contributed by atoms with Crippen LogP contribution >= 0.6 is 0 Å². The van der Waals surface area contributed by atoms with Crippen LogP contribution in [0.3, 0.4) is 0 Å². The summed E-state index contributed by atoms with van der Waals surface area (Å²) in [6, 6.07) is 11.5. The van der Waals surface area contributed by atoms with Gasteiger partial charge in [0, 0.05) is 12.6 Å². The maximum absolute atomic E-state index is 11.8. The van der Waals surface area contributed by atoms with Gasteiger partial charge in [-0.2, -0.15) is 0 Å². The number of pyridine rings is 1. The van der Waals surface area contributed by atoms with Crippen LogP contribution in [0.25, 0.3) is 0 Å². The normalized spacial score (nSPS) is 10.1. The molecule has 0 radical (unpaired) electrons. The third-order valence-electron chi connectivity index (χ3n) is 2.95. The average Bonchev–Trinajstić information content (AvgIpc) is 2.48. The molecule has 1 aromatic heterocycles. The second-order valence-corrected chi connectivity index (χ2v) is 4.62. The van der Waals surface area contributed by atoms with E-state index in [1.54, 1.807) is 19.4 Å². The van der Waals surface area contributed by atoms with Gasteiger partial charge in [0.25, 0.3) is 0 Å². The number of nitrogens with one attached hydrogen (secondary N) is 1. The summed E-state index contributed by atoms with van der Waals surface area (Å²) in [6.07, 6.45) is 2.83. The molecule has 20 heavy (non-hydrogen) atoms. The summed E-state index contributed by atoms with van der Waals surface area (Å²) >= 11 is 0. The Morgan fingerprint density at radius 2 is 2.15 bits per heavy atom. The fraction of sp³-hybridized carbons (Fsp3) is 0.250. The average molecular weight is 270 g/mol. The molecule has 0 fully saturated rings. The molecule has 0 aliphatic heterocycles. The van der Waals surface area contributed by atoms with Crippen LogP contribution in [-0.2, 0) is 11.2 Å². The quantitative estimate of drug-likeness (QED) is 0.908. The molecular weight excluding hydrogens is 252 g/mol. The van der Waals surface area contributed by atoms with Crippen LogP contribution in [-0.4, -0.2) is 18.0 Å². The summed E-state index contributed by atoms with van der Waals surface area (Å²) in [5, 5.41) is 2.79. The van der Waals surface area contributed by atoms with Crippen molar-refractivity contribution in [1.82, 2.24) is 4.98 Å². The Kier molecular flexibility index (Phi) is 4.71. The van der Waals surface area contributed by atoms with Crippen LogP contribution in [0.2, 0.25) is 0 Å². The molecule has 1 N–H and O–H groups in total. The Morgan fingerprint density at radius 3 is 2.85 bits per heavy atom. The van der Waals surface area contributed by atoms with E-state index in [2.05, 4.69) is 10.3 Å². The van der Waals surface area contributed by atoms with E-state index in [0.29, 0.717) is 18.7 Å². The number of nitrogens with zero attached hydrogens (tertiary/aromatic N) is 1. The maximum atomic E-state index is 11.8. The third kappa shape index (κ3) is 4.09. The Balaban J connectivity index is 1.87. The fourth-order valence-corrected chi connectivity index (χ4v) is 1.83. The van der Waals surface area contributed by atoms with E-state index in [1.807, 2.05) is 37.3 Å². The van der Waals surface area contributed by atoms with Gasteiger partial charge in [0.2, 0.25) is 5.91 Å². The Morgan fingerprint density at radius 1 is 1.30 bits per heavy atom. The molecule has 0 atom stereocenters. The van der Waals surface area contributed by atoms with Gasteiger partial charge < -0.3 is 10.1 Å². The van der Waals surface area contributed by atoms with E-state index < -0.39 is 0 Å². The van der Waals surface area contributed by atoms with E-state index in [4.69, 9.17) is 4.74 Å². The number of aryl methyl sites for hydroxylation is 2. The van der Waals surface area contributed by atoms with Gasteiger partial charge >= 0.3 is 0 Å². The lowest BCUT2D eigenvalue weighted by molar-refractivity contribution is -0.116. The minimum absolute atomic E-state index is 0.0378. The molecule has 0 bridgehead atoms. The number of rotatable bonds is 5. The number of amides is 1. The first-order valence-electron chi connectivity index (χ1n) is 6.53. The molecule has 2 aromatic rings. The van der Waals surface area contributed by atoms with E-state index in [9.17, 15) is 4.79 Å². The Bertz CT molecular complexity index is 579. The second kappa shape index (κ2) is 6.70. The lowest BCUT2D eigenvalue weighted by atomic mass is 10.1. The van der Waals surface area contributed by atoms with Crippen LogP contribution in [0, 0.1) is 6.92 Å². The first-order chi connectivity index (χ1) is 9.67. The van der Waals surface area contributed by atoms with Crippen molar-refractivity contribution < 1.29 is 9.53 Å². The van der Waals surface area contributed by atoms with Gasteiger partial charge in [-0.15, -0.1) is 0 Å². The van der Waals surface area contributed by atoms with Crippen molar-refractivity contribution in [2.24, 2.45) is 0 Å². The highest BCUT2D eigenvalue weighted by Crippen LogP contribution is 2.14. The standard InChI is InChI=1S/C16H18N2O2/c1-12-6-8-15(17-11-12)18-16(19)9-7-13-4-3-5-14(10-13)20-2/h3-6,8,10-11H,7,9H2,1-2H3,(H,17,18,19). The molecule has 0 aliphatic carbocycles. The van der Waals surface area contributed by atoms with E-state index >= 15 is 0 Å². The summed E-state index contributed by atoms with van der Waals surface area (Å²) in [5.41, 5.74) is 2.15. The zero-order valence-electron chi connectivity index (χ0n) is 11.7. The molecule has 4 heteroatoms. The molecule has 1 heterocycles. The minimum Gasteiger partial charge on any atom is -0.497 e. The number of hydrogen-bond donors (Lipinski definition) is 1. The summed E-state index contributed by atoms with van der Waals surface area (Å²) < 4.78 is 5.16. The highest BCUT2D eigenvalue weighted by molar-refractivity contribution is 5.89. The maximum Gasteiger partial charge on any atom is 0.225 e.